The van der Waals surface area contributed by atoms with Gasteiger partial charge in [-0.15, -0.1) is 0 Å². The molecule has 4 rings (SSSR count). The van der Waals surface area contributed by atoms with E-state index in [1.54, 1.807) is 0 Å². The molecule has 0 saturated carbocycles. The zero-order valence-electron chi connectivity index (χ0n) is 18.3. The first-order valence-corrected chi connectivity index (χ1v) is 10.6. The lowest BCUT2D eigenvalue weighted by molar-refractivity contribution is 0.0955. The SMILES string of the molecule is C/C(=N\NC(=O)c1ccc(-n2c(C)ccc2C)cc1)c1ccc(N2CCOCC2)cc1. The van der Waals surface area contributed by atoms with E-state index in [4.69, 9.17) is 4.74 Å². The van der Waals surface area contributed by atoms with E-state index in [0.717, 1.165) is 54.7 Å². The number of carbonyl (C=O) groups is 1. The van der Waals surface area contributed by atoms with Crippen LogP contribution in [0.4, 0.5) is 5.69 Å². The van der Waals surface area contributed by atoms with Crippen molar-refractivity contribution in [1.29, 1.82) is 0 Å². The van der Waals surface area contributed by atoms with E-state index >= 15 is 0 Å². The molecule has 1 aliphatic heterocycles. The third kappa shape index (κ3) is 4.70. The van der Waals surface area contributed by atoms with Crippen molar-refractivity contribution in [3.05, 3.63) is 83.2 Å². The van der Waals surface area contributed by atoms with E-state index < -0.39 is 0 Å². The largest absolute Gasteiger partial charge is 0.378 e. The minimum atomic E-state index is -0.225. The van der Waals surface area contributed by atoms with E-state index in [1.165, 1.54) is 5.69 Å². The number of anilines is 1. The van der Waals surface area contributed by atoms with Gasteiger partial charge in [0.25, 0.3) is 5.91 Å². The number of aromatic nitrogens is 1. The molecule has 0 radical (unpaired) electrons. The molecule has 3 aromatic rings. The van der Waals surface area contributed by atoms with Gasteiger partial charge in [-0.25, -0.2) is 5.43 Å². The van der Waals surface area contributed by atoms with Crippen LogP contribution in [0, 0.1) is 13.8 Å². The molecule has 0 bridgehead atoms. The maximum absolute atomic E-state index is 12.5. The molecule has 160 valence electrons. The van der Waals surface area contributed by atoms with Gasteiger partial charge in [-0.05, 0) is 74.9 Å². The number of nitrogens with zero attached hydrogens (tertiary/aromatic N) is 3. The molecule has 0 aliphatic carbocycles. The van der Waals surface area contributed by atoms with Gasteiger partial charge in [0.1, 0.15) is 0 Å². The highest BCUT2D eigenvalue weighted by Gasteiger charge is 2.11. The normalized spacial score (nSPS) is 14.5. The van der Waals surface area contributed by atoms with Crippen LogP contribution in [0.15, 0.2) is 65.8 Å². The standard InChI is InChI=1S/C25H28N4O2/c1-18-4-5-19(2)29(18)24-12-8-22(9-13-24)25(30)27-26-20(3)21-6-10-23(11-7-21)28-14-16-31-17-15-28/h4-13H,14-17H2,1-3H3,(H,27,30)/b26-20+. The zero-order valence-corrected chi connectivity index (χ0v) is 18.3. The molecule has 0 unspecified atom stereocenters. The van der Waals surface area contributed by atoms with Gasteiger partial charge < -0.3 is 14.2 Å². The van der Waals surface area contributed by atoms with Crippen LogP contribution in [0.2, 0.25) is 0 Å². The molecule has 1 aliphatic rings. The maximum atomic E-state index is 12.5. The number of hydrazone groups is 1. The van der Waals surface area contributed by atoms with Gasteiger partial charge in [0.05, 0.1) is 18.9 Å². The second-order valence-electron chi connectivity index (χ2n) is 7.78. The number of morpholine rings is 1. The molecule has 0 spiro atoms. The highest BCUT2D eigenvalue weighted by atomic mass is 16.5. The van der Waals surface area contributed by atoms with Gasteiger partial charge in [0.2, 0.25) is 0 Å². The fourth-order valence-corrected chi connectivity index (χ4v) is 3.84. The fourth-order valence-electron chi connectivity index (χ4n) is 3.84. The van der Waals surface area contributed by atoms with Crippen molar-refractivity contribution in [2.24, 2.45) is 5.10 Å². The summed E-state index contributed by atoms with van der Waals surface area (Å²) in [6.07, 6.45) is 0. The molecule has 2 heterocycles. The lowest BCUT2D eigenvalue weighted by Crippen LogP contribution is -2.36. The quantitative estimate of drug-likeness (QED) is 0.504. The summed E-state index contributed by atoms with van der Waals surface area (Å²) < 4.78 is 7.56. The van der Waals surface area contributed by atoms with Gasteiger partial charge in [0.15, 0.2) is 0 Å². The summed E-state index contributed by atoms with van der Waals surface area (Å²) in [6.45, 7) is 9.37. The van der Waals surface area contributed by atoms with Crippen LogP contribution in [-0.2, 0) is 4.74 Å². The average Bonchev–Trinajstić information content (AvgIpc) is 3.16. The molecule has 1 aromatic heterocycles. The van der Waals surface area contributed by atoms with Gasteiger partial charge in [-0.2, -0.15) is 5.10 Å². The van der Waals surface area contributed by atoms with Crippen LogP contribution < -0.4 is 10.3 Å². The Labute approximate surface area is 183 Å². The molecule has 0 atom stereocenters. The number of rotatable bonds is 5. The van der Waals surface area contributed by atoms with Gasteiger partial charge in [-0.3, -0.25) is 4.79 Å². The highest BCUT2D eigenvalue weighted by Crippen LogP contribution is 2.18. The molecule has 1 saturated heterocycles. The third-order valence-electron chi connectivity index (χ3n) is 5.65. The molecule has 2 aromatic carbocycles. The number of aryl methyl sites for hydroxylation is 2. The Kier molecular flexibility index (Phi) is 6.18. The molecule has 1 fully saturated rings. The van der Waals surface area contributed by atoms with Crippen LogP contribution in [0.5, 0.6) is 0 Å². The third-order valence-corrected chi connectivity index (χ3v) is 5.65. The summed E-state index contributed by atoms with van der Waals surface area (Å²) in [7, 11) is 0. The first-order valence-electron chi connectivity index (χ1n) is 10.6. The predicted octanol–water partition coefficient (Wildman–Crippen LogP) is 4.08. The van der Waals surface area contributed by atoms with Crippen molar-refractivity contribution < 1.29 is 9.53 Å². The second kappa shape index (κ2) is 9.18. The Morgan fingerprint density at radius 2 is 1.39 bits per heavy atom. The number of amides is 1. The van der Waals surface area contributed by atoms with Crippen LogP contribution in [0.1, 0.15) is 34.2 Å². The Hall–Kier alpha value is -3.38. The fraction of sp³-hybridized carbons (Fsp3) is 0.280. The monoisotopic (exact) mass is 416 g/mol. The lowest BCUT2D eigenvalue weighted by atomic mass is 10.1. The number of hydrogen-bond acceptors (Lipinski definition) is 4. The van der Waals surface area contributed by atoms with Gasteiger partial charge >= 0.3 is 0 Å². The topological polar surface area (TPSA) is 58.9 Å². The summed E-state index contributed by atoms with van der Waals surface area (Å²) >= 11 is 0. The Morgan fingerprint density at radius 1 is 0.839 bits per heavy atom. The first kappa shape index (κ1) is 20.9. The minimum absolute atomic E-state index is 0.225. The smallest absolute Gasteiger partial charge is 0.271 e. The predicted molar refractivity (Wildman–Crippen MR) is 124 cm³/mol. The molecule has 6 nitrogen and oxygen atoms in total. The number of benzene rings is 2. The summed E-state index contributed by atoms with van der Waals surface area (Å²) in [5.74, 6) is -0.225. The van der Waals surface area contributed by atoms with Crippen LogP contribution in [-0.4, -0.2) is 42.5 Å². The van der Waals surface area contributed by atoms with Crippen molar-refractivity contribution in [2.45, 2.75) is 20.8 Å². The van der Waals surface area contributed by atoms with E-state index in [9.17, 15) is 4.79 Å². The summed E-state index contributed by atoms with van der Waals surface area (Å²) in [5.41, 5.74) is 9.52. The number of hydrogen-bond donors (Lipinski definition) is 1. The molecular weight excluding hydrogens is 388 g/mol. The van der Waals surface area contributed by atoms with E-state index in [-0.39, 0.29) is 5.91 Å². The average molecular weight is 417 g/mol. The Bertz CT molecular complexity index is 1060. The van der Waals surface area contributed by atoms with Gasteiger partial charge in [0, 0.05) is 41.4 Å². The van der Waals surface area contributed by atoms with Crippen molar-refractivity contribution in [2.75, 3.05) is 31.2 Å². The zero-order chi connectivity index (χ0) is 21.8. The van der Waals surface area contributed by atoms with Crippen LogP contribution in [0.25, 0.3) is 5.69 Å². The molecule has 1 amide bonds. The van der Waals surface area contributed by atoms with E-state index in [0.29, 0.717) is 5.56 Å². The molecule has 6 heteroatoms. The van der Waals surface area contributed by atoms with Gasteiger partial charge in [-0.1, -0.05) is 12.1 Å². The summed E-state index contributed by atoms with van der Waals surface area (Å²) in [5, 5.41) is 4.29. The second-order valence-corrected chi connectivity index (χ2v) is 7.78. The van der Waals surface area contributed by atoms with Crippen LogP contribution >= 0.6 is 0 Å². The van der Waals surface area contributed by atoms with Crippen LogP contribution in [0.3, 0.4) is 0 Å². The maximum Gasteiger partial charge on any atom is 0.271 e. The molecular formula is C25H28N4O2. The number of ether oxygens (including phenoxy) is 1. The van der Waals surface area contributed by atoms with Crippen molar-refractivity contribution in [3.63, 3.8) is 0 Å². The van der Waals surface area contributed by atoms with Crippen molar-refractivity contribution >= 4 is 17.3 Å². The minimum Gasteiger partial charge on any atom is -0.378 e. The summed E-state index contributed by atoms with van der Waals surface area (Å²) in [4.78, 5) is 14.8. The van der Waals surface area contributed by atoms with Crippen molar-refractivity contribution in [1.82, 2.24) is 9.99 Å². The molecule has 31 heavy (non-hydrogen) atoms. The Balaban J connectivity index is 1.40. The number of carbonyl (C=O) groups excluding carboxylic acids is 1. The number of nitrogens with one attached hydrogen (secondary N) is 1. The van der Waals surface area contributed by atoms with E-state index in [2.05, 4.69) is 58.1 Å². The Morgan fingerprint density at radius 3 is 2.00 bits per heavy atom. The van der Waals surface area contributed by atoms with Crippen molar-refractivity contribution in [3.8, 4) is 5.69 Å². The molecule has 1 N–H and O–H groups in total. The lowest BCUT2D eigenvalue weighted by Gasteiger charge is -2.28. The van der Waals surface area contributed by atoms with E-state index in [1.807, 2.05) is 43.3 Å². The summed E-state index contributed by atoms with van der Waals surface area (Å²) in [6, 6.07) is 20.0. The highest BCUT2D eigenvalue weighted by molar-refractivity contribution is 6.01. The first-order chi connectivity index (χ1) is 15.0.